The lowest BCUT2D eigenvalue weighted by Crippen LogP contribution is -2.53. The van der Waals surface area contributed by atoms with E-state index in [9.17, 15) is 37.5 Å². The standard InChI is InChI=1S/C43H35Cl2F3N8O8/c1-52-32-19-34(64-3)33(63-2)18-30(32)50-29(38(52)59)13-14-53-40(61)54-15-12-26-31(56(54)41(53)62)17-27-37(58)55(51-36-28(45)16-23(20-49-36)43(46,47)48)39(60)42(27,22-6-8-24(44)9-7-22)35(26)21-4-10-25(57)11-5-21/h4-12,16,18-20,27,31,35,57H,13-15,17H2,1-3H3,(H,49,51)/t27-,31+,35-,42+/m0/s1. The Hall–Kier alpha value is -6.86. The van der Waals surface area contributed by atoms with E-state index in [1.807, 2.05) is 0 Å². The Labute approximate surface area is 369 Å². The van der Waals surface area contributed by atoms with Crippen LogP contribution in [-0.4, -0.2) is 64.6 Å². The number of carbonyl (C=O) groups is 2. The Balaban J connectivity index is 1.16. The molecular weight excluding hydrogens is 884 g/mol. The van der Waals surface area contributed by atoms with E-state index in [-0.39, 0.29) is 37.4 Å². The minimum absolute atomic E-state index is 0.0737. The molecule has 0 spiro atoms. The number of fused-ring (bicyclic) bond motifs is 5. The molecule has 4 atom stereocenters. The van der Waals surface area contributed by atoms with Crippen LogP contribution in [0.3, 0.4) is 0 Å². The number of nitrogens with one attached hydrogen (secondary N) is 1. The van der Waals surface area contributed by atoms with Gasteiger partial charge < -0.3 is 19.1 Å². The van der Waals surface area contributed by atoms with Gasteiger partial charge in [-0.25, -0.2) is 33.5 Å². The van der Waals surface area contributed by atoms with Gasteiger partial charge in [0, 0.05) is 49.3 Å². The summed E-state index contributed by atoms with van der Waals surface area (Å²) in [7, 11) is 4.48. The van der Waals surface area contributed by atoms with Gasteiger partial charge in [-0.2, -0.15) is 18.2 Å². The molecule has 21 heteroatoms. The lowest BCUT2D eigenvalue weighted by Gasteiger charge is -2.49. The number of ether oxygens (including phenoxy) is 2. The molecular formula is C43H35Cl2F3N8O8. The van der Waals surface area contributed by atoms with Crippen molar-refractivity contribution in [2.75, 3.05) is 19.6 Å². The van der Waals surface area contributed by atoms with Crippen LogP contribution in [0.2, 0.25) is 10.0 Å². The van der Waals surface area contributed by atoms with Gasteiger partial charge in [0.25, 0.3) is 17.4 Å². The third-order valence-electron chi connectivity index (χ3n) is 12.3. The fourth-order valence-electron chi connectivity index (χ4n) is 9.42. The van der Waals surface area contributed by atoms with Crippen LogP contribution < -0.4 is 31.8 Å². The molecule has 0 bridgehead atoms. The van der Waals surface area contributed by atoms with E-state index in [0.717, 1.165) is 4.57 Å². The maximum absolute atomic E-state index is 15.3. The molecule has 1 saturated carbocycles. The highest BCUT2D eigenvalue weighted by atomic mass is 35.5. The van der Waals surface area contributed by atoms with Gasteiger partial charge in [0.05, 0.1) is 59.8 Å². The van der Waals surface area contributed by atoms with Gasteiger partial charge >= 0.3 is 17.6 Å². The summed E-state index contributed by atoms with van der Waals surface area (Å²) in [6, 6.07) is 15.1. The molecule has 2 aliphatic heterocycles. The smallest absolute Gasteiger partial charge is 0.417 e. The van der Waals surface area contributed by atoms with Crippen molar-refractivity contribution in [2.45, 2.75) is 49.5 Å². The number of halogens is 5. The van der Waals surface area contributed by atoms with Crippen LogP contribution in [0.4, 0.5) is 19.0 Å². The number of aromatic hydroxyl groups is 1. The molecule has 16 nitrogen and oxygen atoms in total. The summed E-state index contributed by atoms with van der Waals surface area (Å²) in [5.41, 5.74) is -0.0210. The highest BCUT2D eigenvalue weighted by molar-refractivity contribution is 6.33. The van der Waals surface area contributed by atoms with Crippen LogP contribution in [0, 0.1) is 5.92 Å². The number of methoxy groups -OCH3 is 2. The van der Waals surface area contributed by atoms with Crippen LogP contribution >= 0.6 is 23.2 Å². The molecule has 3 aliphatic rings. The second-order valence-electron chi connectivity index (χ2n) is 15.6. The van der Waals surface area contributed by atoms with E-state index < -0.39 is 74.6 Å². The second-order valence-corrected chi connectivity index (χ2v) is 16.4. The zero-order valence-corrected chi connectivity index (χ0v) is 35.4. The summed E-state index contributed by atoms with van der Waals surface area (Å²) in [6.07, 6.45) is -2.87. The van der Waals surface area contributed by atoms with Crippen molar-refractivity contribution in [1.82, 2.24) is 33.5 Å². The fraction of sp³-hybridized carbons (Fsp3) is 0.279. The minimum atomic E-state index is -4.78. The number of hydrazine groups is 1. The van der Waals surface area contributed by atoms with Crippen LogP contribution in [0.1, 0.15) is 40.8 Å². The van der Waals surface area contributed by atoms with Crippen molar-refractivity contribution >= 4 is 51.9 Å². The number of alkyl halides is 3. The summed E-state index contributed by atoms with van der Waals surface area (Å²) in [4.78, 5) is 80.9. The first-order valence-electron chi connectivity index (χ1n) is 19.7. The van der Waals surface area contributed by atoms with Crippen LogP contribution in [0.5, 0.6) is 17.2 Å². The Bertz CT molecular complexity index is 3150. The number of carbonyl (C=O) groups excluding carboxylic acids is 2. The molecule has 0 unspecified atom stereocenters. The Morgan fingerprint density at radius 3 is 2.28 bits per heavy atom. The van der Waals surface area contributed by atoms with Crippen molar-refractivity contribution in [3.63, 3.8) is 0 Å². The third kappa shape index (κ3) is 6.46. The molecule has 330 valence electrons. The maximum atomic E-state index is 15.3. The Morgan fingerprint density at radius 1 is 0.938 bits per heavy atom. The van der Waals surface area contributed by atoms with Crippen molar-refractivity contribution < 1.29 is 37.3 Å². The van der Waals surface area contributed by atoms with Gasteiger partial charge in [-0.05, 0) is 53.5 Å². The molecule has 3 aromatic carbocycles. The first-order valence-corrected chi connectivity index (χ1v) is 20.4. The molecule has 64 heavy (non-hydrogen) atoms. The summed E-state index contributed by atoms with van der Waals surface area (Å²) in [5.74, 6) is -3.70. The zero-order valence-electron chi connectivity index (χ0n) is 33.9. The lowest BCUT2D eigenvalue weighted by molar-refractivity contribution is -0.139. The van der Waals surface area contributed by atoms with Gasteiger partial charge in [-0.15, -0.1) is 0 Å². The largest absolute Gasteiger partial charge is 0.508 e. The number of pyridine rings is 1. The quantitative estimate of drug-likeness (QED) is 0.141. The molecule has 2 fully saturated rings. The molecule has 6 aromatic rings. The van der Waals surface area contributed by atoms with Gasteiger partial charge in [0.15, 0.2) is 17.3 Å². The molecule has 2 amide bonds. The number of phenolic OH excluding ortho intramolecular Hbond substituents is 1. The average Bonchev–Trinajstić information content (AvgIpc) is 3.64. The number of rotatable bonds is 9. The van der Waals surface area contributed by atoms with Crippen LogP contribution in [-0.2, 0) is 47.7 Å². The normalized spacial score (nSPS) is 20.5. The van der Waals surface area contributed by atoms with E-state index in [1.54, 1.807) is 61.7 Å². The number of hydrogen-bond donors (Lipinski definition) is 2. The predicted molar refractivity (Wildman–Crippen MR) is 226 cm³/mol. The summed E-state index contributed by atoms with van der Waals surface area (Å²) < 4.78 is 56.3. The van der Waals surface area contributed by atoms with E-state index in [4.69, 9.17) is 32.7 Å². The molecule has 0 radical (unpaired) electrons. The van der Waals surface area contributed by atoms with E-state index in [1.165, 1.54) is 40.3 Å². The molecule has 5 heterocycles. The molecule has 3 aromatic heterocycles. The van der Waals surface area contributed by atoms with Crippen molar-refractivity contribution in [3.05, 3.63) is 148 Å². The number of benzene rings is 3. The topological polar surface area (TPSA) is 185 Å². The number of hydrogen-bond acceptors (Lipinski definition) is 11. The van der Waals surface area contributed by atoms with Gasteiger partial charge in [0.2, 0.25) is 0 Å². The zero-order chi connectivity index (χ0) is 45.6. The first-order chi connectivity index (χ1) is 30.5. The Morgan fingerprint density at radius 2 is 1.62 bits per heavy atom. The van der Waals surface area contributed by atoms with Crippen molar-refractivity contribution in [3.8, 4) is 17.2 Å². The number of anilines is 1. The maximum Gasteiger partial charge on any atom is 0.417 e. The molecule has 9 rings (SSSR count). The SMILES string of the molecule is COc1cc2nc(CCn3c(=O)n4n(c3=O)[C@@H]3C[C@H]5C(=O)N(Nc6ncc(C(F)(F)F)cc6Cl)C(=O)[C@@]5(c5ccc(Cl)cc5)[C@@H](c5ccc(O)cc5)C3=CC4)c(=O)n(C)c2cc1OC. The number of phenols is 1. The van der Waals surface area contributed by atoms with E-state index >= 15 is 4.79 Å². The second kappa shape index (κ2) is 15.4. The first kappa shape index (κ1) is 42.4. The summed E-state index contributed by atoms with van der Waals surface area (Å²) in [6.45, 7) is -0.376. The number of aromatic nitrogens is 6. The molecule has 1 aliphatic carbocycles. The predicted octanol–water partition coefficient (Wildman–Crippen LogP) is 5.36. The number of aryl methyl sites for hydroxylation is 2. The number of nitrogens with zero attached hydrogens (tertiary/aromatic N) is 7. The highest BCUT2D eigenvalue weighted by Crippen LogP contribution is 2.62. The third-order valence-corrected chi connectivity index (χ3v) is 12.9. The summed E-state index contributed by atoms with van der Waals surface area (Å²) >= 11 is 12.6. The van der Waals surface area contributed by atoms with Crippen LogP contribution in [0.25, 0.3) is 11.0 Å². The van der Waals surface area contributed by atoms with Crippen molar-refractivity contribution in [2.24, 2.45) is 13.0 Å². The fourth-order valence-corrected chi connectivity index (χ4v) is 9.75. The number of amides is 2. The Kier molecular flexibility index (Phi) is 10.2. The number of allylic oxidation sites excluding steroid dienone is 2. The van der Waals surface area contributed by atoms with Gasteiger partial charge in [0.1, 0.15) is 11.4 Å². The number of imide groups is 1. The van der Waals surface area contributed by atoms with Gasteiger partial charge in [-0.3, -0.25) is 19.8 Å². The lowest BCUT2D eigenvalue weighted by atomic mass is 9.53. The monoisotopic (exact) mass is 918 g/mol. The van der Waals surface area contributed by atoms with E-state index in [0.29, 0.717) is 61.5 Å². The average molecular weight is 920 g/mol. The van der Waals surface area contributed by atoms with E-state index in [2.05, 4.69) is 15.4 Å². The minimum Gasteiger partial charge on any atom is -0.508 e. The molecule has 2 N–H and O–H groups in total. The summed E-state index contributed by atoms with van der Waals surface area (Å²) in [5, 5.41) is 10.8. The van der Waals surface area contributed by atoms with Gasteiger partial charge in [-0.1, -0.05) is 53.5 Å². The van der Waals surface area contributed by atoms with Crippen LogP contribution in [0.15, 0.2) is 99.0 Å². The highest BCUT2D eigenvalue weighted by Gasteiger charge is 2.69. The molecule has 1 saturated heterocycles. The van der Waals surface area contributed by atoms with Crippen molar-refractivity contribution in [1.29, 1.82) is 0 Å².